The summed E-state index contributed by atoms with van der Waals surface area (Å²) in [6.07, 6.45) is 6.40. The zero-order valence-corrected chi connectivity index (χ0v) is 10.00. The second kappa shape index (κ2) is 6.83. The first-order valence-corrected chi connectivity index (χ1v) is 6.10. The van der Waals surface area contributed by atoms with Crippen LogP contribution < -0.4 is 0 Å². The van der Waals surface area contributed by atoms with Crippen molar-refractivity contribution in [1.29, 1.82) is 0 Å². The number of esters is 1. The molecule has 0 amide bonds. The van der Waals surface area contributed by atoms with Crippen LogP contribution in [-0.4, -0.2) is 36.6 Å². The van der Waals surface area contributed by atoms with Crippen LogP contribution in [0.25, 0.3) is 0 Å². The summed E-state index contributed by atoms with van der Waals surface area (Å²) in [7, 11) is 0. The van der Waals surface area contributed by atoms with E-state index in [0.717, 1.165) is 13.1 Å². The number of carbonyl (C=O) groups excluding carboxylic acids is 1. The van der Waals surface area contributed by atoms with Crippen LogP contribution in [0.1, 0.15) is 46.0 Å². The smallest absolute Gasteiger partial charge is 0.320 e. The van der Waals surface area contributed by atoms with Crippen molar-refractivity contribution in [3.05, 3.63) is 0 Å². The summed E-state index contributed by atoms with van der Waals surface area (Å²) in [5, 5.41) is 0. The average molecular weight is 213 g/mol. The van der Waals surface area contributed by atoms with Crippen LogP contribution in [-0.2, 0) is 9.53 Å². The zero-order chi connectivity index (χ0) is 11.1. The number of likely N-dealkylation sites (tertiary alicyclic amines) is 1. The maximum Gasteiger partial charge on any atom is 0.320 e. The van der Waals surface area contributed by atoms with Crippen LogP contribution in [0.15, 0.2) is 0 Å². The molecule has 15 heavy (non-hydrogen) atoms. The van der Waals surface area contributed by atoms with Crippen LogP contribution in [0, 0.1) is 0 Å². The van der Waals surface area contributed by atoms with Crippen molar-refractivity contribution in [3.8, 4) is 0 Å². The average Bonchev–Trinajstić information content (AvgIpc) is 2.08. The SMILES string of the molecule is CC(C)OC(=O)CN1CCCCCCC1. The van der Waals surface area contributed by atoms with E-state index in [-0.39, 0.29) is 12.1 Å². The van der Waals surface area contributed by atoms with Gasteiger partial charge in [0.2, 0.25) is 0 Å². The molecule has 0 aromatic heterocycles. The van der Waals surface area contributed by atoms with E-state index < -0.39 is 0 Å². The lowest BCUT2D eigenvalue weighted by molar-refractivity contribution is -0.148. The molecule has 0 unspecified atom stereocenters. The van der Waals surface area contributed by atoms with E-state index in [1.165, 1.54) is 32.1 Å². The molecule has 1 aliphatic rings. The molecule has 3 nitrogen and oxygen atoms in total. The Kier molecular flexibility index (Phi) is 5.69. The van der Waals surface area contributed by atoms with Gasteiger partial charge >= 0.3 is 5.97 Å². The van der Waals surface area contributed by atoms with Gasteiger partial charge in [-0.25, -0.2) is 0 Å². The molecule has 0 aliphatic carbocycles. The van der Waals surface area contributed by atoms with E-state index in [1.54, 1.807) is 0 Å². The van der Waals surface area contributed by atoms with E-state index in [1.807, 2.05) is 13.8 Å². The van der Waals surface area contributed by atoms with Gasteiger partial charge in [0.25, 0.3) is 0 Å². The molecule has 0 aromatic carbocycles. The molecule has 0 N–H and O–H groups in total. The minimum atomic E-state index is -0.0782. The zero-order valence-electron chi connectivity index (χ0n) is 10.00. The number of ether oxygens (including phenoxy) is 1. The Labute approximate surface area is 92.8 Å². The molecule has 0 spiro atoms. The molecular formula is C12H23NO2. The maximum atomic E-state index is 11.5. The summed E-state index contributed by atoms with van der Waals surface area (Å²) in [6, 6.07) is 0. The maximum absolute atomic E-state index is 11.5. The lowest BCUT2D eigenvalue weighted by atomic mass is 10.1. The van der Waals surface area contributed by atoms with Crippen LogP contribution in [0.5, 0.6) is 0 Å². The normalized spacial score (nSPS) is 19.7. The molecule has 0 atom stereocenters. The number of carbonyl (C=O) groups is 1. The van der Waals surface area contributed by atoms with Crippen molar-refractivity contribution in [1.82, 2.24) is 4.90 Å². The summed E-state index contributed by atoms with van der Waals surface area (Å²) in [5.41, 5.74) is 0. The molecule has 3 heteroatoms. The molecule has 0 aromatic rings. The molecule has 1 rings (SSSR count). The van der Waals surface area contributed by atoms with Crippen LogP contribution in [0.2, 0.25) is 0 Å². The summed E-state index contributed by atoms with van der Waals surface area (Å²) < 4.78 is 5.14. The van der Waals surface area contributed by atoms with E-state index in [4.69, 9.17) is 4.74 Å². The van der Waals surface area contributed by atoms with E-state index in [0.29, 0.717) is 6.54 Å². The Morgan fingerprint density at radius 2 is 1.67 bits per heavy atom. The largest absolute Gasteiger partial charge is 0.462 e. The second-order valence-electron chi connectivity index (χ2n) is 4.58. The Balaban J connectivity index is 2.25. The first kappa shape index (κ1) is 12.5. The Bertz CT molecular complexity index is 184. The van der Waals surface area contributed by atoms with Gasteiger partial charge in [0.15, 0.2) is 0 Å². The van der Waals surface area contributed by atoms with Gasteiger partial charge in [0, 0.05) is 0 Å². The summed E-state index contributed by atoms with van der Waals surface area (Å²) >= 11 is 0. The Morgan fingerprint density at radius 3 is 2.20 bits per heavy atom. The van der Waals surface area contributed by atoms with Crippen LogP contribution in [0.4, 0.5) is 0 Å². The van der Waals surface area contributed by atoms with Crippen molar-refractivity contribution in [2.75, 3.05) is 19.6 Å². The van der Waals surface area contributed by atoms with Gasteiger partial charge in [-0.1, -0.05) is 19.3 Å². The molecule has 0 saturated carbocycles. The molecule has 0 bridgehead atoms. The number of hydrogen-bond acceptors (Lipinski definition) is 3. The first-order valence-electron chi connectivity index (χ1n) is 6.10. The highest BCUT2D eigenvalue weighted by atomic mass is 16.5. The van der Waals surface area contributed by atoms with E-state index >= 15 is 0 Å². The van der Waals surface area contributed by atoms with Gasteiger partial charge in [0.1, 0.15) is 0 Å². The third-order valence-corrected chi connectivity index (χ3v) is 2.67. The Morgan fingerprint density at radius 1 is 1.13 bits per heavy atom. The van der Waals surface area contributed by atoms with Crippen molar-refractivity contribution in [2.45, 2.75) is 52.1 Å². The van der Waals surface area contributed by atoms with E-state index in [2.05, 4.69) is 4.90 Å². The van der Waals surface area contributed by atoms with Crippen molar-refractivity contribution >= 4 is 5.97 Å². The predicted molar refractivity (Wildman–Crippen MR) is 60.8 cm³/mol. The molecule has 1 heterocycles. The first-order chi connectivity index (χ1) is 7.18. The molecule has 1 fully saturated rings. The molecule has 0 radical (unpaired) electrons. The highest BCUT2D eigenvalue weighted by Gasteiger charge is 2.13. The quantitative estimate of drug-likeness (QED) is 0.673. The van der Waals surface area contributed by atoms with Gasteiger partial charge < -0.3 is 4.74 Å². The third kappa shape index (κ3) is 5.78. The molecular weight excluding hydrogens is 190 g/mol. The molecule has 88 valence electrons. The monoisotopic (exact) mass is 213 g/mol. The van der Waals surface area contributed by atoms with Gasteiger partial charge in [-0.3, -0.25) is 9.69 Å². The number of hydrogen-bond donors (Lipinski definition) is 0. The molecule has 1 saturated heterocycles. The lowest BCUT2D eigenvalue weighted by Gasteiger charge is -2.23. The fourth-order valence-electron chi connectivity index (χ4n) is 1.95. The minimum Gasteiger partial charge on any atom is -0.462 e. The van der Waals surface area contributed by atoms with Gasteiger partial charge in [0.05, 0.1) is 12.6 Å². The lowest BCUT2D eigenvalue weighted by Crippen LogP contribution is -2.34. The van der Waals surface area contributed by atoms with Crippen LogP contribution >= 0.6 is 0 Å². The van der Waals surface area contributed by atoms with Crippen LogP contribution in [0.3, 0.4) is 0 Å². The molecule has 1 aliphatic heterocycles. The van der Waals surface area contributed by atoms with Crippen molar-refractivity contribution < 1.29 is 9.53 Å². The third-order valence-electron chi connectivity index (χ3n) is 2.67. The van der Waals surface area contributed by atoms with Gasteiger partial charge in [-0.2, -0.15) is 0 Å². The van der Waals surface area contributed by atoms with Crippen molar-refractivity contribution in [2.24, 2.45) is 0 Å². The fraction of sp³-hybridized carbons (Fsp3) is 0.917. The number of rotatable bonds is 3. The fourth-order valence-corrected chi connectivity index (χ4v) is 1.95. The minimum absolute atomic E-state index is 0.00672. The standard InChI is InChI=1S/C12H23NO2/c1-11(2)15-12(14)10-13-8-6-4-3-5-7-9-13/h11H,3-10H2,1-2H3. The number of nitrogens with zero attached hydrogens (tertiary/aromatic N) is 1. The second-order valence-corrected chi connectivity index (χ2v) is 4.58. The predicted octanol–water partition coefficient (Wildman–Crippen LogP) is 2.20. The van der Waals surface area contributed by atoms with E-state index in [9.17, 15) is 4.79 Å². The summed E-state index contributed by atoms with van der Waals surface area (Å²) in [4.78, 5) is 13.7. The van der Waals surface area contributed by atoms with Gasteiger partial charge in [-0.15, -0.1) is 0 Å². The topological polar surface area (TPSA) is 29.5 Å². The summed E-state index contributed by atoms with van der Waals surface area (Å²) in [6.45, 7) is 6.36. The Hall–Kier alpha value is -0.570. The van der Waals surface area contributed by atoms with Crippen molar-refractivity contribution in [3.63, 3.8) is 0 Å². The highest BCUT2D eigenvalue weighted by Crippen LogP contribution is 2.10. The highest BCUT2D eigenvalue weighted by molar-refractivity contribution is 5.71. The summed E-state index contributed by atoms with van der Waals surface area (Å²) in [5.74, 6) is -0.0782. The van der Waals surface area contributed by atoms with Gasteiger partial charge in [-0.05, 0) is 39.8 Å².